The molecule has 1 amide bonds. The van der Waals surface area contributed by atoms with Gasteiger partial charge in [0.15, 0.2) is 5.69 Å². The van der Waals surface area contributed by atoms with Crippen LogP contribution in [0.15, 0.2) is 64.8 Å². The maximum Gasteiger partial charge on any atom is 0.511 e. The normalized spacial score (nSPS) is 12.6. The summed E-state index contributed by atoms with van der Waals surface area (Å²) in [5.74, 6) is 0. The van der Waals surface area contributed by atoms with Crippen molar-refractivity contribution in [2.75, 3.05) is 26.8 Å². The summed E-state index contributed by atoms with van der Waals surface area (Å²) in [5.41, 5.74) is 0.570. The molecule has 3 rings (SSSR count). The molecule has 1 heterocycles. The molecule has 0 aliphatic rings. The number of halogens is 3. The minimum atomic E-state index is -4.71. The van der Waals surface area contributed by atoms with Gasteiger partial charge in [0.05, 0.1) is 48.1 Å². The first kappa shape index (κ1) is 37.4. The van der Waals surface area contributed by atoms with Crippen molar-refractivity contribution in [1.29, 1.82) is 0 Å². The SMILES string of the molecule is CCOC(=O)OC(C)O/N=[N+](\[O-])N(C)CCCCCOC(=O)NS(=O)(=O)c1ccc(-n2nc(C(F)(F)F)cc2-c2ccc(C)cc2)cc1. The highest BCUT2D eigenvalue weighted by molar-refractivity contribution is 7.90. The summed E-state index contributed by atoms with van der Waals surface area (Å²) >= 11 is 0. The van der Waals surface area contributed by atoms with Crippen LogP contribution in [0.4, 0.5) is 22.8 Å². The van der Waals surface area contributed by atoms with Crippen LogP contribution in [-0.2, 0) is 35.2 Å². The summed E-state index contributed by atoms with van der Waals surface area (Å²) in [5, 5.41) is 20.1. The molecular weight excluding hydrogens is 665 g/mol. The van der Waals surface area contributed by atoms with Crippen LogP contribution in [0.25, 0.3) is 16.9 Å². The van der Waals surface area contributed by atoms with Gasteiger partial charge in [-0.2, -0.15) is 18.3 Å². The van der Waals surface area contributed by atoms with Crippen LogP contribution in [0.2, 0.25) is 0 Å². The minimum Gasteiger partial charge on any atom is -0.569 e. The summed E-state index contributed by atoms with van der Waals surface area (Å²) in [6.45, 7) is 4.99. The van der Waals surface area contributed by atoms with E-state index in [1.54, 1.807) is 35.9 Å². The van der Waals surface area contributed by atoms with E-state index in [9.17, 15) is 36.4 Å². The van der Waals surface area contributed by atoms with Crippen molar-refractivity contribution in [2.45, 2.75) is 57.4 Å². The van der Waals surface area contributed by atoms with Crippen molar-refractivity contribution in [3.05, 3.63) is 71.1 Å². The van der Waals surface area contributed by atoms with Crippen LogP contribution in [0.5, 0.6) is 0 Å². The Bertz CT molecular complexity index is 1660. The van der Waals surface area contributed by atoms with Crippen LogP contribution < -0.4 is 4.72 Å². The Hall–Kier alpha value is -5.07. The fourth-order valence-corrected chi connectivity index (χ4v) is 4.85. The third-order valence-corrected chi connectivity index (χ3v) is 7.73. The van der Waals surface area contributed by atoms with E-state index in [0.717, 1.165) is 28.4 Å². The molecule has 1 unspecified atom stereocenters. The molecule has 0 spiro atoms. The molecule has 1 atom stereocenters. The maximum absolute atomic E-state index is 13.5. The van der Waals surface area contributed by atoms with E-state index in [-0.39, 0.29) is 41.0 Å². The third-order valence-electron chi connectivity index (χ3n) is 6.40. The van der Waals surface area contributed by atoms with Crippen LogP contribution in [0.1, 0.15) is 44.4 Å². The number of nitrogens with zero attached hydrogens (tertiary/aromatic N) is 5. The number of sulfonamides is 1. The Morgan fingerprint density at radius 1 is 1.08 bits per heavy atom. The number of carbonyl (C=O) groups is 2. The van der Waals surface area contributed by atoms with Gasteiger partial charge in [-0.05, 0) is 63.4 Å². The van der Waals surface area contributed by atoms with E-state index < -0.39 is 40.4 Å². The van der Waals surface area contributed by atoms with Crippen molar-refractivity contribution < 1.29 is 55.2 Å². The van der Waals surface area contributed by atoms with E-state index in [2.05, 4.69) is 15.1 Å². The highest BCUT2D eigenvalue weighted by Gasteiger charge is 2.35. The van der Waals surface area contributed by atoms with Gasteiger partial charge < -0.3 is 19.4 Å². The molecule has 0 bridgehead atoms. The second-order valence-electron chi connectivity index (χ2n) is 10.2. The largest absolute Gasteiger partial charge is 0.569 e. The van der Waals surface area contributed by atoms with E-state index >= 15 is 0 Å². The van der Waals surface area contributed by atoms with Crippen molar-refractivity contribution in [3.63, 3.8) is 0 Å². The topological polar surface area (TPSA) is 177 Å². The van der Waals surface area contributed by atoms with Crippen molar-refractivity contribution >= 4 is 22.3 Å². The number of benzene rings is 2. The smallest absolute Gasteiger partial charge is 0.511 e. The molecule has 48 heavy (non-hydrogen) atoms. The Labute approximate surface area is 274 Å². The lowest BCUT2D eigenvalue weighted by Gasteiger charge is -2.14. The number of hydrogen-bond acceptors (Lipinski definition) is 11. The quantitative estimate of drug-likeness (QED) is 0.0513. The fourth-order valence-electron chi connectivity index (χ4n) is 3.96. The van der Waals surface area contributed by atoms with Crippen LogP contribution >= 0.6 is 0 Å². The molecule has 0 aliphatic carbocycles. The lowest BCUT2D eigenvalue weighted by molar-refractivity contribution is -0.707. The molecule has 1 N–H and O–H groups in total. The Balaban J connectivity index is 1.48. The Morgan fingerprint density at radius 2 is 1.75 bits per heavy atom. The van der Waals surface area contributed by atoms with E-state index in [0.29, 0.717) is 24.8 Å². The van der Waals surface area contributed by atoms with Gasteiger partial charge in [-0.3, -0.25) is 4.84 Å². The average molecular weight is 701 g/mol. The fraction of sp³-hybridized carbons (Fsp3) is 0.414. The number of carbonyl (C=O) groups excluding carboxylic acids is 2. The van der Waals surface area contributed by atoms with Gasteiger partial charge in [-0.1, -0.05) is 29.8 Å². The molecule has 0 saturated heterocycles. The molecule has 0 aliphatic heterocycles. The number of alkyl halides is 3. The Morgan fingerprint density at radius 3 is 2.38 bits per heavy atom. The average Bonchev–Trinajstić information content (AvgIpc) is 3.48. The monoisotopic (exact) mass is 700 g/mol. The molecule has 262 valence electrons. The zero-order valence-corrected chi connectivity index (χ0v) is 27.3. The van der Waals surface area contributed by atoms with Gasteiger partial charge in [0.1, 0.15) is 0 Å². The highest BCUT2D eigenvalue weighted by atomic mass is 32.2. The second-order valence-corrected chi connectivity index (χ2v) is 11.9. The van der Waals surface area contributed by atoms with Gasteiger partial charge in [-0.25, -0.2) is 27.4 Å². The van der Waals surface area contributed by atoms with Crippen LogP contribution in [-0.4, -0.2) is 73.5 Å². The first-order valence-electron chi connectivity index (χ1n) is 14.5. The number of nitrogens with one attached hydrogen (secondary N) is 1. The van der Waals surface area contributed by atoms with Crippen molar-refractivity contribution in [2.24, 2.45) is 5.28 Å². The zero-order chi connectivity index (χ0) is 35.5. The van der Waals surface area contributed by atoms with E-state index in [1.165, 1.54) is 31.1 Å². The summed E-state index contributed by atoms with van der Waals surface area (Å²) in [4.78, 5) is 27.9. The predicted molar refractivity (Wildman–Crippen MR) is 162 cm³/mol. The number of amides is 1. The summed E-state index contributed by atoms with van der Waals surface area (Å²) < 4.78 is 82.9. The number of rotatable bonds is 15. The number of unbranched alkanes of at least 4 members (excludes halogenated alkanes) is 2. The lowest BCUT2D eigenvalue weighted by Crippen LogP contribution is -2.31. The number of hydrogen-bond donors (Lipinski definition) is 1. The summed E-state index contributed by atoms with van der Waals surface area (Å²) in [7, 11) is -2.93. The van der Waals surface area contributed by atoms with Crippen molar-refractivity contribution in [1.82, 2.24) is 19.5 Å². The molecule has 1 aromatic heterocycles. The Kier molecular flexibility index (Phi) is 13.0. The molecule has 0 radical (unpaired) electrons. The van der Waals surface area contributed by atoms with E-state index in [4.69, 9.17) is 14.3 Å². The highest BCUT2D eigenvalue weighted by Crippen LogP contribution is 2.33. The van der Waals surface area contributed by atoms with Gasteiger partial charge in [0.25, 0.3) is 16.3 Å². The first-order chi connectivity index (χ1) is 22.6. The summed E-state index contributed by atoms with van der Waals surface area (Å²) in [6.07, 6.45) is -6.74. The number of ether oxygens (including phenoxy) is 3. The number of hydrazine groups is 1. The lowest BCUT2D eigenvalue weighted by atomic mass is 10.1. The van der Waals surface area contributed by atoms with Crippen molar-refractivity contribution in [3.8, 4) is 16.9 Å². The van der Waals surface area contributed by atoms with E-state index in [1.807, 2.05) is 6.92 Å². The number of aryl methyl sites for hydroxylation is 1. The van der Waals surface area contributed by atoms with Gasteiger partial charge >= 0.3 is 18.4 Å². The molecule has 19 heteroatoms. The second kappa shape index (κ2) is 16.7. The molecule has 0 fully saturated rings. The van der Waals surface area contributed by atoms with Crippen LogP contribution in [0.3, 0.4) is 0 Å². The van der Waals surface area contributed by atoms with Gasteiger partial charge in [-0.15, -0.1) is 5.01 Å². The molecule has 0 saturated carbocycles. The summed E-state index contributed by atoms with van der Waals surface area (Å²) in [6, 6.07) is 12.5. The molecule has 15 nitrogen and oxygen atoms in total. The minimum absolute atomic E-state index is 0.106. The maximum atomic E-state index is 13.5. The zero-order valence-electron chi connectivity index (χ0n) is 26.5. The molecule has 2 aromatic carbocycles. The first-order valence-corrected chi connectivity index (χ1v) is 16.0. The standard InChI is InChI=1S/C29H35F3N6O9S/c1-5-44-28(40)46-21(3)47-35-38(41)36(4)17-7-6-8-18-45-27(39)34-48(42,43)24-15-13-23(14-16-24)37-25(19-26(33-37)29(30,31)32)22-11-9-20(2)10-12-22/h9-16,19,21H,5-8,17-18H2,1-4H3,(H,34,39)/b38-35-. The number of aromatic nitrogens is 2. The molecule has 3 aromatic rings. The van der Waals surface area contributed by atoms with Crippen LogP contribution in [0, 0.1) is 12.1 Å². The van der Waals surface area contributed by atoms with Gasteiger partial charge in [0.2, 0.25) is 5.28 Å². The van der Waals surface area contributed by atoms with Gasteiger partial charge in [0, 0.05) is 12.5 Å². The third kappa shape index (κ3) is 11.0. The molecular formula is C29H35F3N6O9S. The predicted octanol–water partition coefficient (Wildman–Crippen LogP) is 5.71.